The van der Waals surface area contributed by atoms with E-state index in [2.05, 4.69) is 27.7 Å². The molecule has 2 N–H and O–H groups in total. The second-order valence-corrected chi connectivity index (χ2v) is 12.6. The van der Waals surface area contributed by atoms with Crippen molar-refractivity contribution in [2.45, 2.75) is 36.6 Å². The molecule has 1 aliphatic heterocycles. The zero-order valence-corrected chi connectivity index (χ0v) is 25.8. The minimum atomic E-state index is -0.466. The second kappa shape index (κ2) is 13.9. The number of thioether (sulfide) groups is 1. The number of carbonyl (C=O) groups excluding carboxylic acids is 3. The summed E-state index contributed by atoms with van der Waals surface area (Å²) in [5, 5.41) is 5.97. The van der Waals surface area contributed by atoms with Crippen LogP contribution in [-0.4, -0.2) is 48.7 Å². The molecule has 2 amide bonds. The van der Waals surface area contributed by atoms with Gasteiger partial charge in [-0.25, -0.2) is 4.79 Å². The van der Waals surface area contributed by atoms with Gasteiger partial charge < -0.3 is 20.1 Å². The SMILES string of the molecule is COC(=O)c1c(NC(=O)C(C)Sc2cccc(NC(=O)c3ccc(OC)cc3)c2)sc2c1CCN(Cc1ccccc1)C2. The van der Waals surface area contributed by atoms with Crippen molar-refractivity contribution in [2.75, 3.05) is 31.4 Å². The summed E-state index contributed by atoms with van der Waals surface area (Å²) in [5.74, 6) is -0.226. The van der Waals surface area contributed by atoms with Gasteiger partial charge in [-0.1, -0.05) is 36.4 Å². The fraction of sp³-hybridized carbons (Fsp3) is 0.242. The second-order valence-electron chi connectivity index (χ2n) is 10.1. The molecule has 0 bridgehead atoms. The summed E-state index contributed by atoms with van der Waals surface area (Å²) in [6, 6.07) is 24.5. The van der Waals surface area contributed by atoms with Crippen LogP contribution < -0.4 is 15.4 Å². The van der Waals surface area contributed by atoms with Crippen molar-refractivity contribution in [1.29, 1.82) is 0 Å². The summed E-state index contributed by atoms with van der Waals surface area (Å²) >= 11 is 2.81. The Morgan fingerprint density at radius 1 is 0.977 bits per heavy atom. The number of thiophene rings is 1. The lowest BCUT2D eigenvalue weighted by Gasteiger charge is -2.27. The number of esters is 1. The number of hydrogen-bond acceptors (Lipinski definition) is 8. The highest BCUT2D eigenvalue weighted by Gasteiger charge is 2.30. The molecule has 43 heavy (non-hydrogen) atoms. The molecule has 1 aromatic heterocycles. The van der Waals surface area contributed by atoms with Gasteiger partial charge in [0.15, 0.2) is 0 Å². The summed E-state index contributed by atoms with van der Waals surface area (Å²) in [6.45, 7) is 4.15. The zero-order chi connectivity index (χ0) is 30.3. The Hall–Kier alpha value is -4.12. The highest BCUT2D eigenvalue weighted by Crippen LogP contribution is 2.38. The minimum Gasteiger partial charge on any atom is -0.497 e. The third kappa shape index (κ3) is 7.45. The van der Waals surface area contributed by atoms with Gasteiger partial charge in [-0.05, 0) is 66.9 Å². The van der Waals surface area contributed by atoms with E-state index in [1.165, 1.54) is 35.8 Å². The van der Waals surface area contributed by atoms with E-state index in [-0.39, 0.29) is 11.8 Å². The van der Waals surface area contributed by atoms with E-state index in [4.69, 9.17) is 9.47 Å². The number of amides is 2. The van der Waals surface area contributed by atoms with Gasteiger partial charge in [-0.15, -0.1) is 23.1 Å². The Kier molecular flexibility index (Phi) is 9.81. The quantitative estimate of drug-likeness (QED) is 0.156. The average molecular weight is 616 g/mol. The number of methoxy groups -OCH3 is 2. The zero-order valence-electron chi connectivity index (χ0n) is 24.2. The summed E-state index contributed by atoms with van der Waals surface area (Å²) in [5.41, 5.74) is 3.78. The van der Waals surface area contributed by atoms with Crippen LogP contribution in [0.4, 0.5) is 10.7 Å². The standard InChI is InChI=1S/C33H33N3O5S2/c1-21(42-26-11-7-10-24(18-26)34-31(38)23-12-14-25(40-2)15-13-23)30(37)35-32-29(33(39)41-3)27-16-17-36(20-28(27)43-32)19-22-8-5-4-6-9-22/h4-15,18,21H,16-17,19-20H2,1-3H3,(H,34,38)(H,35,37). The molecule has 0 saturated heterocycles. The van der Waals surface area contributed by atoms with Gasteiger partial charge in [0.25, 0.3) is 5.91 Å². The van der Waals surface area contributed by atoms with E-state index in [1.54, 1.807) is 37.4 Å². The van der Waals surface area contributed by atoms with Gasteiger partial charge >= 0.3 is 5.97 Å². The van der Waals surface area contributed by atoms with Crippen LogP contribution in [0.1, 0.15) is 43.6 Å². The molecule has 2 heterocycles. The number of benzene rings is 3. The van der Waals surface area contributed by atoms with Crippen LogP contribution in [0.3, 0.4) is 0 Å². The highest BCUT2D eigenvalue weighted by atomic mass is 32.2. The number of fused-ring (bicyclic) bond motifs is 1. The number of nitrogens with one attached hydrogen (secondary N) is 2. The maximum atomic E-state index is 13.3. The average Bonchev–Trinajstić information content (AvgIpc) is 3.38. The Balaban J connectivity index is 1.24. The molecule has 0 radical (unpaired) electrons. The van der Waals surface area contributed by atoms with E-state index in [0.29, 0.717) is 40.5 Å². The third-order valence-corrected chi connectivity index (χ3v) is 9.36. The number of nitrogens with zero attached hydrogens (tertiary/aromatic N) is 1. The van der Waals surface area contributed by atoms with E-state index < -0.39 is 11.2 Å². The fourth-order valence-electron chi connectivity index (χ4n) is 4.90. The summed E-state index contributed by atoms with van der Waals surface area (Å²) in [6.07, 6.45) is 0.707. The van der Waals surface area contributed by atoms with Gasteiger partial charge in [0.1, 0.15) is 10.8 Å². The third-order valence-electron chi connectivity index (χ3n) is 7.14. The van der Waals surface area contributed by atoms with Crippen molar-refractivity contribution in [3.8, 4) is 5.75 Å². The molecule has 0 fully saturated rings. The van der Waals surface area contributed by atoms with Crippen molar-refractivity contribution in [3.63, 3.8) is 0 Å². The van der Waals surface area contributed by atoms with Crippen LogP contribution >= 0.6 is 23.1 Å². The maximum Gasteiger partial charge on any atom is 0.341 e. The number of carbonyl (C=O) groups is 3. The van der Waals surface area contributed by atoms with Crippen molar-refractivity contribution in [3.05, 3.63) is 106 Å². The topological polar surface area (TPSA) is 97.0 Å². The Morgan fingerprint density at radius 2 is 1.74 bits per heavy atom. The van der Waals surface area contributed by atoms with Gasteiger partial charge in [-0.2, -0.15) is 0 Å². The fourth-order valence-corrected chi connectivity index (χ4v) is 7.11. The number of rotatable bonds is 10. The maximum absolute atomic E-state index is 13.3. The molecule has 1 atom stereocenters. The molecule has 1 aliphatic rings. The first-order valence-electron chi connectivity index (χ1n) is 13.9. The molecule has 0 spiro atoms. The van der Waals surface area contributed by atoms with Gasteiger partial charge in [-0.3, -0.25) is 14.5 Å². The Bertz CT molecular complexity index is 1600. The predicted molar refractivity (Wildman–Crippen MR) is 171 cm³/mol. The van der Waals surface area contributed by atoms with Crippen LogP contribution in [0.5, 0.6) is 5.75 Å². The van der Waals surface area contributed by atoms with E-state index in [9.17, 15) is 14.4 Å². The van der Waals surface area contributed by atoms with E-state index >= 15 is 0 Å². The first kappa shape index (κ1) is 30.3. The Morgan fingerprint density at radius 3 is 2.47 bits per heavy atom. The van der Waals surface area contributed by atoms with Crippen LogP contribution in [0.15, 0.2) is 83.8 Å². The van der Waals surface area contributed by atoms with Crippen LogP contribution in [-0.2, 0) is 29.0 Å². The van der Waals surface area contributed by atoms with Gasteiger partial charge in [0.2, 0.25) is 5.91 Å². The van der Waals surface area contributed by atoms with Gasteiger partial charge in [0, 0.05) is 40.7 Å². The lowest BCUT2D eigenvalue weighted by atomic mass is 10.0. The molecule has 1 unspecified atom stereocenters. The molecular formula is C33H33N3O5S2. The smallest absolute Gasteiger partial charge is 0.341 e. The molecule has 4 aromatic rings. The lowest BCUT2D eigenvalue weighted by molar-refractivity contribution is -0.115. The van der Waals surface area contributed by atoms with Crippen LogP contribution in [0, 0.1) is 0 Å². The summed E-state index contributed by atoms with van der Waals surface area (Å²) < 4.78 is 10.3. The molecule has 8 nitrogen and oxygen atoms in total. The monoisotopic (exact) mass is 615 g/mol. The summed E-state index contributed by atoms with van der Waals surface area (Å²) in [4.78, 5) is 43.1. The Labute approximate surface area is 259 Å². The molecule has 222 valence electrons. The summed E-state index contributed by atoms with van der Waals surface area (Å²) in [7, 11) is 2.94. The molecular weight excluding hydrogens is 583 g/mol. The van der Waals surface area contributed by atoms with Crippen molar-refractivity contribution >= 4 is 51.6 Å². The molecule has 3 aromatic carbocycles. The van der Waals surface area contributed by atoms with Crippen molar-refractivity contribution in [2.24, 2.45) is 0 Å². The van der Waals surface area contributed by atoms with E-state index in [1.807, 2.05) is 43.3 Å². The molecule has 10 heteroatoms. The molecule has 5 rings (SSSR count). The van der Waals surface area contributed by atoms with Crippen LogP contribution in [0.25, 0.3) is 0 Å². The molecule has 0 saturated carbocycles. The lowest BCUT2D eigenvalue weighted by Crippen LogP contribution is -2.29. The number of ether oxygens (including phenoxy) is 2. The van der Waals surface area contributed by atoms with Crippen molar-refractivity contribution < 1.29 is 23.9 Å². The van der Waals surface area contributed by atoms with Crippen LogP contribution in [0.2, 0.25) is 0 Å². The minimum absolute atomic E-state index is 0.220. The van der Waals surface area contributed by atoms with Gasteiger partial charge in [0.05, 0.1) is 25.0 Å². The first-order chi connectivity index (χ1) is 20.8. The first-order valence-corrected chi connectivity index (χ1v) is 15.6. The molecule has 0 aliphatic carbocycles. The normalized spacial score (nSPS) is 13.5. The van der Waals surface area contributed by atoms with E-state index in [0.717, 1.165) is 28.4 Å². The predicted octanol–water partition coefficient (Wildman–Crippen LogP) is 6.47. The highest BCUT2D eigenvalue weighted by molar-refractivity contribution is 8.00. The number of anilines is 2. The van der Waals surface area contributed by atoms with Crippen molar-refractivity contribution in [1.82, 2.24) is 4.90 Å². The number of hydrogen-bond donors (Lipinski definition) is 2. The largest absolute Gasteiger partial charge is 0.497 e.